The van der Waals surface area contributed by atoms with Crippen LogP contribution < -0.4 is 5.32 Å². The van der Waals surface area contributed by atoms with E-state index in [2.05, 4.69) is 10.1 Å². The van der Waals surface area contributed by atoms with Crippen LogP contribution in [0, 0.1) is 0 Å². The minimum absolute atomic E-state index is 0.00456. The maximum Gasteiger partial charge on any atom is 0.408 e. The first-order chi connectivity index (χ1) is 14.7. The van der Waals surface area contributed by atoms with Crippen molar-refractivity contribution in [1.82, 2.24) is 15.1 Å². The van der Waals surface area contributed by atoms with E-state index in [1.165, 1.54) is 6.92 Å². The molecule has 1 fully saturated rings. The first-order valence-corrected chi connectivity index (χ1v) is 9.58. The molecule has 2 atom stereocenters. The van der Waals surface area contributed by atoms with Crippen molar-refractivity contribution in [2.75, 3.05) is 26.7 Å². The number of carboxylic acids is 1. The number of hydrogen-bond donors (Lipinski definition) is 2. The second kappa shape index (κ2) is 11.0. The van der Waals surface area contributed by atoms with Crippen LogP contribution in [0.3, 0.4) is 0 Å². The number of hydrogen-bond acceptors (Lipinski definition) is 7. The van der Waals surface area contributed by atoms with Gasteiger partial charge in [-0.15, -0.1) is 0 Å². The molecule has 1 aliphatic heterocycles. The van der Waals surface area contributed by atoms with Gasteiger partial charge in [0, 0.05) is 13.1 Å². The average Bonchev–Trinajstić information content (AvgIpc) is 2.75. The number of esters is 1. The molecule has 1 aromatic carbocycles. The van der Waals surface area contributed by atoms with E-state index in [4.69, 9.17) is 9.84 Å². The van der Waals surface area contributed by atoms with Gasteiger partial charge in [0.25, 0.3) is 0 Å². The number of benzene rings is 1. The van der Waals surface area contributed by atoms with Gasteiger partial charge in [0.2, 0.25) is 11.8 Å². The Kier molecular flexibility index (Phi) is 8.35. The number of rotatable bonds is 8. The van der Waals surface area contributed by atoms with E-state index in [1.807, 2.05) is 6.07 Å². The lowest BCUT2D eigenvalue weighted by Gasteiger charge is -2.40. The second-order valence-electron chi connectivity index (χ2n) is 6.91. The van der Waals surface area contributed by atoms with Crippen LogP contribution in [-0.2, 0) is 35.3 Å². The van der Waals surface area contributed by atoms with Crippen LogP contribution in [0.2, 0.25) is 0 Å². The Hall–Kier alpha value is -3.63. The molecule has 0 aliphatic carbocycles. The van der Waals surface area contributed by atoms with Crippen molar-refractivity contribution in [3.05, 3.63) is 35.9 Å². The molecular weight excluding hydrogens is 410 g/mol. The van der Waals surface area contributed by atoms with Crippen LogP contribution in [0.15, 0.2) is 30.3 Å². The number of piperazine rings is 1. The number of aliphatic carboxylic acids is 1. The minimum atomic E-state index is -1.22. The summed E-state index contributed by atoms with van der Waals surface area (Å²) in [4.78, 5) is 62.5. The number of alkyl carbamates (subject to hydrolysis) is 1. The second-order valence-corrected chi connectivity index (χ2v) is 6.91. The van der Waals surface area contributed by atoms with Crippen LogP contribution >= 0.6 is 0 Å². The van der Waals surface area contributed by atoms with Gasteiger partial charge >= 0.3 is 18.0 Å². The zero-order valence-corrected chi connectivity index (χ0v) is 17.3. The number of carbonyl (C=O) groups excluding carboxylic acids is 4. The van der Waals surface area contributed by atoms with Crippen molar-refractivity contribution < 1.29 is 38.6 Å². The van der Waals surface area contributed by atoms with Crippen molar-refractivity contribution in [3.63, 3.8) is 0 Å². The van der Waals surface area contributed by atoms with E-state index in [-0.39, 0.29) is 19.7 Å². The van der Waals surface area contributed by atoms with Crippen LogP contribution in [0.4, 0.5) is 4.79 Å². The first-order valence-electron chi connectivity index (χ1n) is 9.58. The number of carbonyl (C=O) groups is 5. The molecular formula is C20H25N3O8. The lowest BCUT2D eigenvalue weighted by molar-refractivity contribution is -0.159. The Balaban J connectivity index is 2.02. The molecule has 2 unspecified atom stereocenters. The Morgan fingerprint density at radius 2 is 1.87 bits per heavy atom. The van der Waals surface area contributed by atoms with Crippen LogP contribution in [0.25, 0.3) is 0 Å². The predicted octanol–water partition coefficient (Wildman–Crippen LogP) is -0.0116. The van der Waals surface area contributed by atoms with E-state index < -0.39 is 54.9 Å². The Bertz CT molecular complexity index is 829. The summed E-state index contributed by atoms with van der Waals surface area (Å²) < 4.78 is 9.68. The van der Waals surface area contributed by atoms with E-state index in [0.717, 1.165) is 22.5 Å². The highest BCUT2D eigenvalue weighted by atomic mass is 16.5. The molecule has 2 rings (SSSR count). The number of ether oxygens (including phenoxy) is 2. The van der Waals surface area contributed by atoms with Crippen LogP contribution in [0.1, 0.15) is 18.9 Å². The van der Waals surface area contributed by atoms with Crippen molar-refractivity contribution in [2.24, 2.45) is 0 Å². The van der Waals surface area contributed by atoms with Crippen LogP contribution in [-0.4, -0.2) is 83.6 Å². The van der Waals surface area contributed by atoms with E-state index >= 15 is 0 Å². The third-order valence-corrected chi connectivity index (χ3v) is 4.70. The molecule has 0 spiro atoms. The number of nitrogens with one attached hydrogen (secondary N) is 1. The lowest BCUT2D eigenvalue weighted by atomic mass is 10.1. The van der Waals surface area contributed by atoms with Gasteiger partial charge in [0.1, 0.15) is 25.2 Å². The summed E-state index contributed by atoms with van der Waals surface area (Å²) in [6.07, 6.45) is -1.24. The molecule has 168 valence electrons. The standard InChI is InChI=1S/C20H25N3O8/c1-13(21-20(29)31-12-14-6-4-3-5-7-14)18(27)23-9-8-22(11-16(24)25)19(28)15(23)10-17(26)30-2/h3-7,13,15H,8-12H2,1-2H3,(H,21,29)(H,24,25). The fourth-order valence-electron chi connectivity index (χ4n) is 3.11. The van der Waals surface area contributed by atoms with Gasteiger partial charge in [-0.1, -0.05) is 30.3 Å². The molecule has 0 bridgehead atoms. The Labute approximate surface area is 178 Å². The Morgan fingerprint density at radius 3 is 2.48 bits per heavy atom. The predicted molar refractivity (Wildman–Crippen MR) is 106 cm³/mol. The number of methoxy groups -OCH3 is 1. The fraction of sp³-hybridized carbons (Fsp3) is 0.450. The summed E-state index contributed by atoms with van der Waals surface area (Å²) in [5.41, 5.74) is 0.773. The van der Waals surface area contributed by atoms with Gasteiger partial charge in [-0.05, 0) is 12.5 Å². The topological polar surface area (TPSA) is 143 Å². The normalized spacial score (nSPS) is 17.0. The van der Waals surface area contributed by atoms with Gasteiger partial charge in [0.15, 0.2) is 0 Å². The van der Waals surface area contributed by atoms with Gasteiger partial charge in [0.05, 0.1) is 13.5 Å². The first kappa shape index (κ1) is 23.6. The largest absolute Gasteiger partial charge is 0.480 e. The summed E-state index contributed by atoms with van der Waals surface area (Å²) in [6, 6.07) is 6.71. The molecule has 1 saturated heterocycles. The molecule has 11 nitrogen and oxygen atoms in total. The SMILES string of the molecule is COC(=O)CC1C(=O)N(CC(=O)O)CCN1C(=O)C(C)NC(=O)OCc1ccccc1. The molecule has 0 saturated carbocycles. The highest BCUT2D eigenvalue weighted by molar-refractivity contribution is 5.95. The summed E-state index contributed by atoms with van der Waals surface area (Å²) >= 11 is 0. The van der Waals surface area contributed by atoms with Gasteiger partial charge < -0.3 is 29.7 Å². The lowest BCUT2D eigenvalue weighted by Crippen LogP contribution is -2.62. The van der Waals surface area contributed by atoms with E-state index in [1.54, 1.807) is 24.3 Å². The van der Waals surface area contributed by atoms with E-state index in [9.17, 15) is 24.0 Å². The maximum atomic E-state index is 12.9. The number of carboxylic acid groups (broad SMARTS) is 1. The monoisotopic (exact) mass is 435 g/mol. The van der Waals surface area contributed by atoms with Crippen LogP contribution in [0.5, 0.6) is 0 Å². The highest BCUT2D eigenvalue weighted by Gasteiger charge is 2.41. The molecule has 2 N–H and O–H groups in total. The third-order valence-electron chi connectivity index (χ3n) is 4.70. The molecule has 11 heteroatoms. The molecule has 0 radical (unpaired) electrons. The molecule has 0 aromatic heterocycles. The van der Waals surface area contributed by atoms with Crippen molar-refractivity contribution in [3.8, 4) is 0 Å². The molecule has 1 aromatic rings. The zero-order valence-electron chi connectivity index (χ0n) is 17.3. The zero-order chi connectivity index (χ0) is 23.0. The van der Waals surface area contributed by atoms with E-state index in [0.29, 0.717) is 0 Å². The maximum absolute atomic E-state index is 12.9. The highest BCUT2D eigenvalue weighted by Crippen LogP contribution is 2.17. The summed E-state index contributed by atoms with van der Waals surface area (Å²) in [5.74, 6) is -3.21. The summed E-state index contributed by atoms with van der Waals surface area (Å²) in [5, 5.41) is 11.4. The average molecular weight is 435 g/mol. The molecule has 1 heterocycles. The summed E-state index contributed by atoms with van der Waals surface area (Å²) in [7, 11) is 1.14. The van der Waals surface area contributed by atoms with Crippen molar-refractivity contribution >= 4 is 29.8 Å². The van der Waals surface area contributed by atoms with Gasteiger partial charge in [-0.25, -0.2) is 4.79 Å². The third kappa shape index (κ3) is 6.69. The van der Waals surface area contributed by atoms with Crippen molar-refractivity contribution in [2.45, 2.75) is 32.0 Å². The quantitative estimate of drug-likeness (QED) is 0.543. The van der Waals surface area contributed by atoms with Crippen molar-refractivity contribution in [1.29, 1.82) is 0 Å². The minimum Gasteiger partial charge on any atom is -0.480 e. The molecule has 3 amide bonds. The fourth-order valence-corrected chi connectivity index (χ4v) is 3.11. The summed E-state index contributed by atoms with van der Waals surface area (Å²) in [6.45, 7) is 0.892. The van der Waals surface area contributed by atoms with Gasteiger partial charge in [-0.2, -0.15) is 0 Å². The van der Waals surface area contributed by atoms with Gasteiger partial charge in [-0.3, -0.25) is 19.2 Å². The smallest absolute Gasteiger partial charge is 0.408 e. The Morgan fingerprint density at radius 1 is 1.19 bits per heavy atom. The molecule has 31 heavy (non-hydrogen) atoms. The number of amides is 3. The number of nitrogens with zero attached hydrogens (tertiary/aromatic N) is 2. The molecule has 1 aliphatic rings.